The van der Waals surface area contributed by atoms with Crippen molar-refractivity contribution in [1.29, 1.82) is 0 Å². The summed E-state index contributed by atoms with van der Waals surface area (Å²) in [5, 5.41) is 9.11. The zero-order valence-corrected chi connectivity index (χ0v) is 15.5. The Labute approximate surface area is 171 Å². The quantitative estimate of drug-likeness (QED) is 0.599. The van der Waals surface area contributed by atoms with Crippen molar-refractivity contribution in [2.75, 3.05) is 11.4 Å². The van der Waals surface area contributed by atoms with Gasteiger partial charge in [0.1, 0.15) is 6.54 Å². The Morgan fingerprint density at radius 1 is 1.16 bits per heavy atom. The number of cyclic esters (lactones) is 1. The topological polar surface area (TPSA) is 109 Å². The van der Waals surface area contributed by atoms with Crippen LogP contribution in [0.4, 0.5) is 28.4 Å². The number of H-pyrrole nitrogens is 1. The van der Waals surface area contributed by atoms with E-state index in [1.54, 1.807) is 0 Å². The van der Waals surface area contributed by atoms with Gasteiger partial charge in [-0.25, -0.2) is 9.59 Å². The number of ether oxygens (including phenoxy) is 2. The molecule has 1 aliphatic heterocycles. The maximum absolute atomic E-state index is 13.3. The van der Waals surface area contributed by atoms with Crippen LogP contribution in [-0.2, 0) is 15.7 Å². The maximum atomic E-state index is 13.3. The summed E-state index contributed by atoms with van der Waals surface area (Å²) < 4.78 is 49.2. The monoisotopic (exact) mass is 434 g/mol. The number of nitrogens with zero attached hydrogens (tertiary/aromatic N) is 1. The summed E-state index contributed by atoms with van der Waals surface area (Å²) >= 11 is 0. The fraction of sp³-hybridized carbons (Fsp3) is 0.150. The van der Waals surface area contributed by atoms with E-state index in [1.807, 2.05) is 0 Å². The molecule has 1 amide bonds. The van der Waals surface area contributed by atoms with Gasteiger partial charge >= 0.3 is 18.4 Å². The third-order valence-electron chi connectivity index (χ3n) is 4.68. The van der Waals surface area contributed by atoms with E-state index in [9.17, 15) is 27.6 Å². The van der Waals surface area contributed by atoms with E-state index in [-0.39, 0.29) is 28.9 Å². The standard InChI is InChI=1S/C20H13F3N2O6/c21-20(22,23)14-4-2-1-3-12(14)15-7-10-5-6-11(8-13(10)17(26)24-15)25-9-16(30-18(25)27)31-19(28)29/h1-8,16H,9H2,(H,24,26)(H,28,29). The second-order valence-electron chi connectivity index (χ2n) is 6.63. The summed E-state index contributed by atoms with van der Waals surface area (Å²) in [5.74, 6) is 0. The van der Waals surface area contributed by atoms with E-state index >= 15 is 0 Å². The molecular weight excluding hydrogens is 421 g/mol. The number of halogens is 3. The van der Waals surface area contributed by atoms with E-state index in [4.69, 9.17) is 9.84 Å². The van der Waals surface area contributed by atoms with E-state index in [1.165, 1.54) is 42.5 Å². The number of pyridine rings is 1. The molecule has 0 aliphatic carbocycles. The summed E-state index contributed by atoms with van der Waals surface area (Å²) in [6.07, 6.45) is -8.39. The van der Waals surface area contributed by atoms with E-state index in [2.05, 4.69) is 9.72 Å². The predicted octanol–water partition coefficient (Wildman–Crippen LogP) is 4.19. The van der Waals surface area contributed by atoms with Crippen LogP contribution in [0.2, 0.25) is 0 Å². The Kier molecular flexibility index (Phi) is 4.80. The van der Waals surface area contributed by atoms with Crippen LogP contribution in [0.1, 0.15) is 5.56 Å². The van der Waals surface area contributed by atoms with Crippen molar-refractivity contribution >= 4 is 28.7 Å². The van der Waals surface area contributed by atoms with Gasteiger partial charge in [-0.1, -0.05) is 24.3 Å². The first-order valence-corrected chi connectivity index (χ1v) is 8.85. The number of benzene rings is 2. The predicted molar refractivity (Wildman–Crippen MR) is 102 cm³/mol. The lowest BCUT2D eigenvalue weighted by molar-refractivity contribution is -0.137. The van der Waals surface area contributed by atoms with Crippen molar-refractivity contribution in [3.8, 4) is 11.3 Å². The van der Waals surface area contributed by atoms with Gasteiger partial charge in [-0.05, 0) is 29.7 Å². The van der Waals surface area contributed by atoms with Crippen molar-refractivity contribution in [3.63, 3.8) is 0 Å². The highest BCUT2D eigenvalue weighted by Gasteiger charge is 2.35. The number of hydrogen-bond acceptors (Lipinski definition) is 5. The normalized spacial score (nSPS) is 16.4. The van der Waals surface area contributed by atoms with Gasteiger partial charge in [0.25, 0.3) is 11.8 Å². The molecule has 3 aromatic rings. The van der Waals surface area contributed by atoms with Crippen LogP contribution >= 0.6 is 0 Å². The molecule has 160 valence electrons. The maximum Gasteiger partial charge on any atom is 0.508 e. The Morgan fingerprint density at radius 2 is 1.90 bits per heavy atom. The summed E-state index contributed by atoms with van der Waals surface area (Å²) in [6.45, 7) is -0.217. The van der Waals surface area contributed by atoms with Crippen molar-refractivity contribution < 1.29 is 37.3 Å². The highest BCUT2D eigenvalue weighted by atomic mass is 19.4. The number of nitrogens with one attached hydrogen (secondary N) is 1. The number of carbonyl (C=O) groups is 2. The second-order valence-corrected chi connectivity index (χ2v) is 6.63. The molecule has 1 atom stereocenters. The second kappa shape index (κ2) is 7.35. The molecule has 1 unspecified atom stereocenters. The minimum Gasteiger partial charge on any atom is -0.450 e. The lowest BCUT2D eigenvalue weighted by atomic mass is 10.0. The molecule has 1 aliphatic rings. The smallest absolute Gasteiger partial charge is 0.450 e. The molecule has 1 fully saturated rings. The minimum absolute atomic E-state index is 0.00585. The Bertz CT molecular complexity index is 1250. The number of carboxylic acid groups (broad SMARTS) is 1. The fourth-order valence-corrected chi connectivity index (χ4v) is 3.35. The van der Waals surface area contributed by atoms with Crippen LogP contribution in [0.3, 0.4) is 0 Å². The van der Waals surface area contributed by atoms with Crippen LogP contribution in [0, 0.1) is 0 Å². The number of hydrogen-bond donors (Lipinski definition) is 2. The molecule has 1 saturated heterocycles. The minimum atomic E-state index is -4.60. The number of carbonyl (C=O) groups excluding carboxylic acids is 1. The van der Waals surface area contributed by atoms with Crippen LogP contribution in [0.25, 0.3) is 22.0 Å². The van der Waals surface area contributed by atoms with Crippen molar-refractivity contribution in [2.45, 2.75) is 12.5 Å². The van der Waals surface area contributed by atoms with Gasteiger partial charge in [-0.15, -0.1) is 0 Å². The summed E-state index contributed by atoms with van der Waals surface area (Å²) in [5.41, 5.74) is -1.48. The van der Waals surface area contributed by atoms with Gasteiger partial charge in [-0.2, -0.15) is 13.2 Å². The molecule has 4 rings (SSSR count). The average Bonchev–Trinajstić information content (AvgIpc) is 3.06. The highest BCUT2D eigenvalue weighted by molar-refractivity contribution is 5.94. The van der Waals surface area contributed by atoms with E-state index < -0.39 is 35.8 Å². The fourth-order valence-electron chi connectivity index (χ4n) is 3.35. The Balaban J connectivity index is 1.73. The third-order valence-corrected chi connectivity index (χ3v) is 4.68. The zero-order chi connectivity index (χ0) is 22.3. The van der Waals surface area contributed by atoms with E-state index in [0.717, 1.165) is 11.0 Å². The van der Waals surface area contributed by atoms with Crippen molar-refractivity contribution in [3.05, 3.63) is 64.4 Å². The average molecular weight is 434 g/mol. The number of anilines is 1. The molecule has 0 radical (unpaired) electrons. The number of alkyl halides is 3. The summed E-state index contributed by atoms with van der Waals surface area (Å²) in [6, 6.07) is 10.6. The molecule has 0 spiro atoms. The molecule has 2 N–H and O–H groups in total. The molecule has 0 bridgehead atoms. The first-order valence-electron chi connectivity index (χ1n) is 8.85. The SMILES string of the molecule is O=C(O)OC1CN(c2ccc3cc(-c4ccccc4C(F)(F)F)[nH]c(=O)c3c2)C(=O)O1. The molecule has 2 aromatic carbocycles. The summed E-state index contributed by atoms with van der Waals surface area (Å²) in [7, 11) is 0. The lowest BCUT2D eigenvalue weighted by Gasteiger charge is -2.15. The summed E-state index contributed by atoms with van der Waals surface area (Å²) in [4.78, 5) is 38.8. The molecule has 31 heavy (non-hydrogen) atoms. The molecule has 2 heterocycles. The van der Waals surface area contributed by atoms with Crippen molar-refractivity contribution in [1.82, 2.24) is 4.98 Å². The van der Waals surface area contributed by atoms with Gasteiger partial charge in [0, 0.05) is 22.3 Å². The number of rotatable bonds is 3. The molecule has 0 saturated carbocycles. The Hall–Kier alpha value is -4.02. The first-order chi connectivity index (χ1) is 14.6. The highest BCUT2D eigenvalue weighted by Crippen LogP contribution is 2.36. The van der Waals surface area contributed by atoms with Crippen LogP contribution in [0.5, 0.6) is 0 Å². The third kappa shape index (κ3) is 3.89. The van der Waals surface area contributed by atoms with Crippen LogP contribution < -0.4 is 10.5 Å². The van der Waals surface area contributed by atoms with E-state index in [0.29, 0.717) is 5.39 Å². The number of aromatic nitrogens is 1. The Morgan fingerprint density at radius 3 is 2.61 bits per heavy atom. The van der Waals surface area contributed by atoms with Gasteiger partial charge in [-0.3, -0.25) is 9.69 Å². The van der Waals surface area contributed by atoms with Gasteiger partial charge in [0.15, 0.2) is 0 Å². The first kappa shape index (κ1) is 20.3. The number of fused-ring (bicyclic) bond motifs is 1. The van der Waals surface area contributed by atoms with Gasteiger partial charge < -0.3 is 19.6 Å². The van der Waals surface area contributed by atoms with Crippen LogP contribution in [-0.4, -0.2) is 35.2 Å². The lowest BCUT2D eigenvalue weighted by Crippen LogP contribution is -2.26. The van der Waals surface area contributed by atoms with Gasteiger partial charge in [0.2, 0.25) is 0 Å². The molecule has 11 heteroatoms. The van der Waals surface area contributed by atoms with Crippen LogP contribution in [0.15, 0.2) is 53.3 Å². The molecular formula is C20H13F3N2O6. The molecule has 1 aromatic heterocycles. The largest absolute Gasteiger partial charge is 0.508 e. The zero-order valence-electron chi connectivity index (χ0n) is 15.5. The van der Waals surface area contributed by atoms with Gasteiger partial charge in [0.05, 0.1) is 5.56 Å². The molecule has 8 nitrogen and oxygen atoms in total. The number of amides is 1. The van der Waals surface area contributed by atoms with Crippen molar-refractivity contribution in [2.24, 2.45) is 0 Å². The number of aromatic amines is 1.